The normalized spacial score (nSPS) is 15.7. The Kier molecular flexibility index (Phi) is 7.36. The van der Waals surface area contributed by atoms with Crippen molar-refractivity contribution < 1.29 is 43.9 Å². The molecule has 0 radical (unpaired) electrons. The second-order valence-corrected chi connectivity index (χ2v) is 7.81. The van der Waals surface area contributed by atoms with Crippen molar-refractivity contribution in [1.29, 1.82) is 0 Å². The molecule has 148 valence electrons. The Hall–Kier alpha value is -2.13. The third-order valence-corrected chi connectivity index (χ3v) is 5.65. The number of thioether (sulfide) groups is 1. The number of aromatic nitrogens is 2. The molecule has 0 bridgehead atoms. The number of carbonyl (C=O) groups excluding carboxylic acids is 2. The number of imide groups is 1. The van der Waals surface area contributed by atoms with Gasteiger partial charge in [0.05, 0.1) is 28.6 Å². The van der Waals surface area contributed by atoms with Gasteiger partial charge < -0.3 is 19.6 Å². The van der Waals surface area contributed by atoms with Gasteiger partial charge in [-0.25, -0.2) is 4.98 Å². The van der Waals surface area contributed by atoms with E-state index in [1.807, 2.05) is 49.4 Å². The van der Waals surface area contributed by atoms with Crippen molar-refractivity contribution in [3.63, 3.8) is 0 Å². The van der Waals surface area contributed by atoms with E-state index in [9.17, 15) is 14.4 Å². The molecular weight excluding hydrogens is 413 g/mol. The summed E-state index contributed by atoms with van der Waals surface area (Å²) in [5.41, 5.74) is 1.54. The van der Waals surface area contributed by atoms with Crippen molar-refractivity contribution in [3.8, 4) is 5.75 Å². The molecule has 1 aliphatic heterocycles. The standard InChI is InChI=1S/C21H19N3O4S.Na/c1-13-22-17-5-3-2-4-16(17)20(26)24(13)10-11-28-15-8-6-14(7-9-15)12-18-19(25)23-21(27)29-18;/h2-9,18H,10-12H2,1H3,(H,23,25,27);/q;+1/p-1. The number of fused-ring (bicyclic) bond motifs is 1. The van der Waals surface area contributed by atoms with Crippen LogP contribution in [0.4, 0.5) is 4.79 Å². The molecule has 2 amide bonds. The van der Waals surface area contributed by atoms with Crippen molar-refractivity contribution in [2.75, 3.05) is 6.61 Å². The number of para-hydroxylation sites is 1. The fraction of sp³-hybridized carbons (Fsp3) is 0.238. The van der Waals surface area contributed by atoms with Gasteiger partial charge in [0.1, 0.15) is 23.4 Å². The molecule has 30 heavy (non-hydrogen) atoms. The zero-order valence-electron chi connectivity index (χ0n) is 16.7. The van der Waals surface area contributed by atoms with Gasteiger partial charge in [0.15, 0.2) is 0 Å². The van der Waals surface area contributed by atoms with Gasteiger partial charge >= 0.3 is 29.6 Å². The summed E-state index contributed by atoms with van der Waals surface area (Å²) in [6, 6.07) is 14.6. The molecule has 1 aliphatic rings. The predicted octanol–water partition coefficient (Wildman–Crippen LogP) is 0.466. The van der Waals surface area contributed by atoms with Crippen molar-refractivity contribution in [2.24, 2.45) is 0 Å². The van der Waals surface area contributed by atoms with Gasteiger partial charge in [0.2, 0.25) is 0 Å². The van der Waals surface area contributed by atoms with E-state index in [1.54, 1.807) is 10.6 Å². The summed E-state index contributed by atoms with van der Waals surface area (Å²) in [5, 5.41) is 3.14. The Morgan fingerprint density at radius 3 is 2.53 bits per heavy atom. The van der Waals surface area contributed by atoms with Crippen molar-refractivity contribution in [2.45, 2.75) is 25.1 Å². The number of nitrogens with zero attached hydrogens (tertiary/aromatic N) is 3. The summed E-state index contributed by atoms with van der Waals surface area (Å²) in [6.45, 7) is 2.52. The van der Waals surface area contributed by atoms with Crippen molar-refractivity contribution in [3.05, 3.63) is 75.6 Å². The first-order valence-corrected chi connectivity index (χ1v) is 10.0. The van der Waals surface area contributed by atoms with Gasteiger partial charge in [-0.15, -0.1) is 0 Å². The molecule has 3 aromatic rings. The number of benzene rings is 2. The fourth-order valence-electron chi connectivity index (χ4n) is 3.22. The number of hydrogen-bond donors (Lipinski definition) is 0. The molecule has 7 nitrogen and oxygen atoms in total. The minimum Gasteiger partial charge on any atom is -0.585 e. The predicted molar refractivity (Wildman–Crippen MR) is 112 cm³/mol. The van der Waals surface area contributed by atoms with Crippen LogP contribution >= 0.6 is 11.8 Å². The number of aryl methyl sites for hydroxylation is 1. The summed E-state index contributed by atoms with van der Waals surface area (Å²) in [7, 11) is 0. The minimum atomic E-state index is -0.440. The van der Waals surface area contributed by atoms with E-state index in [-0.39, 0.29) is 41.0 Å². The number of amides is 2. The van der Waals surface area contributed by atoms with E-state index in [2.05, 4.69) is 10.3 Å². The summed E-state index contributed by atoms with van der Waals surface area (Å²) < 4.78 is 7.37. The minimum absolute atomic E-state index is 0. The van der Waals surface area contributed by atoms with Crippen LogP contribution in [0.5, 0.6) is 5.75 Å². The van der Waals surface area contributed by atoms with Crippen LogP contribution in [-0.4, -0.2) is 32.6 Å². The average molecular weight is 431 g/mol. The summed E-state index contributed by atoms with van der Waals surface area (Å²) >= 11 is 0.963. The summed E-state index contributed by atoms with van der Waals surface area (Å²) in [4.78, 5) is 39.9. The maximum atomic E-state index is 12.7. The SMILES string of the molecule is Cc1nc2ccccc2c(=O)n1CCOc1ccc(CC2SC(=O)[N-]C2=O)cc1.[Na+]. The second-order valence-electron chi connectivity index (χ2n) is 6.65. The molecule has 0 aliphatic carbocycles. The second kappa shape index (κ2) is 9.78. The number of carbonyl (C=O) groups is 2. The van der Waals surface area contributed by atoms with Crippen LogP contribution in [0.15, 0.2) is 53.3 Å². The van der Waals surface area contributed by atoms with E-state index in [0.717, 1.165) is 17.3 Å². The molecule has 1 saturated heterocycles. The maximum Gasteiger partial charge on any atom is 1.00 e. The van der Waals surface area contributed by atoms with Gasteiger partial charge in [-0.2, -0.15) is 0 Å². The fourth-order valence-corrected chi connectivity index (χ4v) is 4.04. The van der Waals surface area contributed by atoms with Crippen molar-refractivity contribution in [1.82, 2.24) is 9.55 Å². The molecule has 2 aromatic carbocycles. The van der Waals surface area contributed by atoms with Gasteiger partial charge in [-0.1, -0.05) is 36.0 Å². The molecule has 2 heterocycles. The smallest absolute Gasteiger partial charge is 0.585 e. The van der Waals surface area contributed by atoms with Crippen LogP contribution < -0.4 is 39.9 Å². The zero-order chi connectivity index (χ0) is 20.4. The zero-order valence-corrected chi connectivity index (χ0v) is 19.5. The topological polar surface area (TPSA) is 92.4 Å². The van der Waals surface area contributed by atoms with Crippen LogP contribution in [0.3, 0.4) is 0 Å². The molecule has 1 atom stereocenters. The number of rotatable bonds is 6. The van der Waals surface area contributed by atoms with Crippen LogP contribution in [0, 0.1) is 6.92 Å². The van der Waals surface area contributed by atoms with Crippen LogP contribution in [0.2, 0.25) is 0 Å². The Labute approximate surface area is 199 Å². The van der Waals surface area contributed by atoms with Crippen LogP contribution in [-0.2, 0) is 17.8 Å². The molecule has 1 aromatic heterocycles. The van der Waals surface area contributed by atoms with Gasteiger partial charge in [-0.05, 0) is 43.2 Å². The third kappa shape index (κ3) is 4.95. The molecule has 0 saturated carbocycles. The molecule has 4 rings (SSSR count). The van der Waals surface area contributed by atoms with E-state index >= 15 is 0 Å². The molecule has 9 heteroatoms. The first-order chi connectivity index (χ1) is 14.0. The monoisotopic (exact) mass is 431 g/mol. The Morgan fingerprint density at radius 2 is 1.83 bits per heavy atom. The number of ether oxygens (including phenoxy) is 1. The van der Waals surface area contributed by atoms with E-state index in [4.69, 9.17) is 4.74 Å². The van der Waals surface area contributed by atoms with E-state index in [0.29, 0.717) is 42.0 Å². The molecule has 0 spiro atoms. The summed E-state index contributed by atoms with van der Waals surface area (Å²) in [5.74, 6) is 0.941. The summed E-state index contributed by atoms with van der Waals surface area (Å²) in [6.07, 6.45) is 0.455. The third-order valence-electron chi connectivity index (χ3n) is 4.70. The van der Waals surface area contributed by atoms with Crippen LogP contribution in [0.25, 0.3) is 16.2 Å². The first kappa shape index (κ1) is 22.6. The van der Waals surface area contributed by atoms with E-state index < -0.39 is 10.5 Å². The molecular formula is C21H18N3NaO4S. The quantitative estimate of drug-likeness (QED) is 0.527. The molecule has 0 N–H and O–H groups in total. The van der Waals surface area contributed by atoms with Crippen LogP contribution in [0.1, 0.15) is 11.4 Å². The Morgan fingerprint density at radius 1 is 1.10 bits per heavy atom. The average Bonchev–Trinajstić information content (AvgIpc) is 3.02. The van der Waals surface area contributed by atoms with Gasteiger partial charge in [-0.3, -0.25) is 9.36 Å². The number of hydrogen-bond acceptors (Lipinski definition) is 6. The van der Waals surface area contributed by atoms with Crippen molar-refractivity contribution >= 4 is 33.8 Å². The van der Waals surface area contributed by atoms with Gasteiger partial charge in [0, 0.05) is 0 Å². The Bertz CT molecular complexity index is 1150. The molecule has 1 fully saturated rings. The maximum absolute atomic E-state index is 12.7. The Balaban J connectivity index is 0.00000256. The largest absolute Gasteiger partial charge is 1.00 e. The van der Waals surface area contributed by atoms with E-state index in [1.165, 1.54) is 0 Å². The first-order valence-electron chi connectivity index (χ1n) is 9.15. The molecule has 1 unspecified atom stereocenters. The van der Waals surface area contributed by atoms with Gasteiger partial charge in [0.25, 0.3) is 5.56 Å².